The number of fused-ring (bicyclic) bond motifs is 1. The molecule has 36 heavy (non-hydrogen) atoms. The Kier molecular flexibility index (Phi) is 8.07. The molecule has 6 N–H and O–H groups in total. The lowest BCUT2D eigenvalue weighted by atomic mass is 10.1. The van der Waals surface area contributed by atoms with Gasteiger partial charge in [0.1, 0.15) is 5.84 Å². The van der Waals surface area contributed by atoms with E-state index in [1.54, 1.807) is 18.2 Å². The molecule has 2 atom stereocenters. The minimum atomic E-state index is -3.30. The molecule has 0 aromatic heterocycles. The number of nitrogens with zero attached hydrogens (tertiary/aromatic N) is 1. The van der Waals surface area contributed by atoms with E-state index in [0.717, 1.165) is 10.5 Å². The van der Waals surface area contributed by atoms with Crippen molar-refractivity contribution in [2.24, 2.45) is 5.73 Å². The number of amidine groups is 1. The maximum absolute atomic E-state index is 13.1. The van der Waals surface area contributed by atoms with Gasteiger partial charge in [0.05, 0.1) is 17.9 Å². The summed E-state index contributed by atoms with van der Waals surface area (Å²) in [7, 11) is 0. The lowest BCUT2D eigenvalue weighted by Crippen LogP contribution is -2.55. The first-order valence-electron chi connectivity index (χ1n) is 10.4. The number of anilines is 2. The molecular weight excluding hydrogens is 504 g/mol. The predicted molar refractivity (Wildman–Crippen MR) is 126 cm³/mol. The van der Waals surface area contributed by atoms with Gasteiger partial charge in [-0.25, -0.2) is 0 Å². The molecule has 1 fully saturated rings. The Balaban J connectivity index is 0.00000361. The zero-order valence-corrected chi connectivity index (χ0v) is 19.3. The van der Waals surface area contributed by atoms with E-state index in [1.807, 2.05) is 0 Å². The fourth-order valence-electron chi connectivity index (χ4n) is 3.91. The second kappa shape index (κ2) is 10.8. The first-order chi connectivity index (χ1) is 16.7. The third-order valence-corrected chi connectivity index (χ3v) is 5.53. The highest BCUT2D eigenvalue weighted by Gasteiger charge is 2.40. The summed E-state index contributed by atoms with van der Waals surface area (Å²) in [6.45, 7) is -3.14. The first-order valence-corrected chi connectivity index (χ1v) is 10.4. The largest absolute Gasteiger partial charge is 0.432 e. The molecule has 1 unspecified atom stereocenters. The van der Waals surface area contributed by atoms with E-state index >= 15 is 0 Å². The molecule has 11 nitrogen and oxygen atoms in total. The maximum atomic E-state index is 13.1. The van der Waals surface area contributed by atoms with Crippen LogP contribution in [0.25, 0.3) is 0 Å². The van der Waals surface area contributed by atoms with Crippen LogP contribution in [0.4, 0.5) is 20.2 Å². The molecule has 192 valence electrons. The number of para-hydroxylation sites is 1. The fraction of sp³-hybridized carbons (Fsp3) is 0.273. The van der Waals surface area contributed by atoms with Crippen molar-refractivity contribution >= 4 is 47.3 Å². The van der Waals surface area contributed by atoms with Crippen molar-refractivity contribution in [1.82, 2.24) is 5.32 Å². The molecule has 2 aliphatic rings. The number of nitrogens with two attached hydrogens (primary N) is 1. The number of carbonyl (C=O) groups excluding carboxylic acids is 3. The first kappa shape index (κ1) is 26.8. The van der Waals surface area contributed by atoms with Crippen LogP contribution in [-0.4, -0.2) is 60.6 Å². The lowest BCUT2D eigenvalue weighted by Gasteiger charge is -2.35. The van der Waals surface area contributed by atoms with Gasteiger partial charge in [-0.3, -0.25) is 19.8 Å². The van der Waals surface area contributed by atoms with Crippen LogP contribution in [0.5, 0.6) is 5.75 Å². The Bertz CT molecular complexity index is 1210. The molecule has 0 aliphatic carbocycles. The van der Waals surface area contributed by atoms with Gasteiger partial charge in [0.25, 0.3) is 17.7 Å². The predicted octanol–water partition coefficient (Wildman–Crippen LogP) is 0.969. The number of amides is 3. The van der Waals surface area contributed by atoms with Gasteiger partial charge in [-0.1, -0.05) is 6.07 Å². The Morgan fingerprint density at radius 2 is 2.06 bits per heavy atom. The molecule has 1 saturated heterocycles. The highest BCUT2D eigenvalue weighted by Crippen LogP contribution is 2.35. The van der Waals surface area contributed by atoms with Crippen molar-refractivity contribution in [3.8, 4) is 5.75 Å². The van der Waals surface area contributed by atoms with Gasteiger partial charge in [-0.15, -0.1) is 12.4 Å². The monoisotopic (exact) mass is 525 g/mol. The number of carbonyl (C=O) groups is 3. The molecule has 2 aromatic rings. The van der Waals surface area contributed by atoms with Crippen molar-refractivity contribution < 1.29 is 37.7 Å². The van der Waals surface area contributed by atoms with E-state index in [2.05, 4.69) is 15.4 Å². The molecule has 14 heteroatoms. The number of aliphatic hydroxyl groups is 1. The van der Waals surface area contributed by atoms with Gasteiger partial charge in [-0.2, -0.15) is 8.78 Å². The van der Waals surface area contributed by atoms with Crippen LogP contribution < -0.4 is 26.0 Å². The Hall–Kier alpha value is -3.81. The molecule has 0 saturated carbocycles. The van der Waals surface area contributed by atoms with Gasteiger partial charge < -0.3 is 35.8 Å². The number of nitrogens with one attached hydrogen (secondary N) is 3. The summed E-state index contributed by atoms with van der Waals surface area (Å²) in [6.07, 6.45) is -3.58. The van der Waals surface area contributed by atoms with Crippen molar-refractivity contribution in [3.05, 3.63) is 53.1 Å². The van der Waals surface area contributed by atoms with Gasteiger partial charge >= 0.3 is 6.61 Å². The second-order valence-corrected chi connectivity index (χ2v) is 7.71. The van der Waals surface area contributed by atoms with Crippen molar-refractivity contribution in [3.63, 3.8) is 0 Å². The summed E-state index contributed by atoms with van der Waals surface area (Å²) in [5.74, 6) is -3.21. The quantitative estimate of drug-likeness (QED) is 0.359. The minimum absolute atomic E-state index is 0. The van der Waals surface area contributed by atoms with Gasteiger partial charge in [0.15, 0.2) is 18.0 Å². The summed E-state index contributed by atoms with van der Waals surface area (Å²) < 4.78 is 35.8. The average molecular weight is 526 g/mol. The van der Waals surface area contributed by atoms with Crippen LogP contribution in [-0.2, 0) is 20.9 Å². The zero-order valence-electron chi connectivity index (χ0n) is 18.5. The zero-order chi connectivity index (χ0) is 25.3. The molecule has 3 amide bonds. The molecular formula is C22H22ClF2N5O6. The van der Waals surface area contributed by atoms with Gasteiger partial charge in [0, 0.05) is 24.3 Å². The van der Waals surface area contributed by atoms with E-state index in [1.165, 1.54) is 18.2 Å². The van der Waals surface area contributed by atoms with Crippen LogP contribution in [0, 0.1) is 5.41 Å². The number of benzene rings is 2. The summed E-state index contributed by atoms with van der Waals surface area (Å²) in [5.41, 5.74) is 6.51. The van der Waals surface area contributed by atoms with E-state index in [4.69, 9.17) is 15.9 Å². The standard InChI is InChI=1S/C22H21F2N5O6.ClH/c23-22(24)35-16-13(19(26)31)2-1-3-14(16)29-6-7-34-17(21(29)33)15(30)20(32)28-11-4-5-12-10(8-11)9-27-18(12)25;/h1-5,8,15,17,22,30H,6-7,9H2,(H2,25,27)(H2,26,31)(H,28,32);1H/t15-,17?;/m1./s1. The second-order valence-electron chi connectivity index (χ2n) is 7.71. The average Bonchev–Trinajstić information content (AvgIpc) is 3.18. The highest BCUT2D eigenvalue weighted by molar-refractivity contribution is 6.06. The normalized spacial score (nSPS) is 17.7. The van der Waals surface area contributed by atoms with E-state index in [-0.39, 0.29) is 42.6 Å². The third-order valence-electron chi connectivity index (χ3n) is 5.53. The number of primary amides is 1. The maximum Gasteiger partial charge on any atom is 0.387 e. The van der Waals surface area contributed by atoms with Crippen molar-refractivity contribution in [2.45, 2.75) is 25.4 Å². The number of aliphatic hydroxyl groups excluding tert-OH is 1. The van der Waals surface area contributed by atoms with Gasteiger partial charge in [0.2, 0.25) is 0 Å². The van der Waals surface area contributed by atoms with Crippen LogP contribution in [0.2, 0.25) is 0 Å². The van der Waals surface area contributed by atoms with Crippen LogP contribution in [0.15, 0.2) is 36.4 Å². The molecule has 0 spiro atoms. The number of halogens is 3. The number of hydrogen-bond donors (Lipinski definition) is 5. The molecule has 2 aromatic carbocycles. The van der Waals surface area contributed by atoms with Crippen molar-refractivity contribution in [2.75, 3.05) is 23.4 Å². The molecule has 2 heterocycles. The van der Waals surface area contributed by atoms with E-state index < -0.39 is 42.3 Å². The molecule has 0 bridgehead atoms. The van der Waals surface area contributed by atoms with E-state index in [0.29, 0.717) is 17.8 Å². The van der Waals surface area contributed by atoms with Crippen molar-refractivity contribution in [1.29, 1.82) is 5.41 Å². The molecule has 2 aliphatic heterocycles. The number of ether oxygens (including phenoxy) is 2. The Morgan fingerprint density at radius 3 is 2.75 bits per heavy atom. The minimum Gasteiger partial charge on any atom is -0.432 e. The van der Waals surface area contributed by atoms with Crippen LogP contribution >= 0.6 is 12.4 Å². The van der Waals surface area contributed by atoms with Crippen LogP contribution in [0.3, 0.4) is 0 Å². The number of alkyl halides is 2. The third kappa shape index (κ3) is 5.22. The summed E-state index contributed by atoms with van der Waals surface area (Å²) >= 11 is 0. The summed E-state index contributed by atoms with van der Waals surface area (Å²) in [5, 5.41) is 23.7. The van der Waals surface area contributed by atoms with Gasteiger partial charge in [-0.05, 0) is 35.9 Å². The Labute approximate surface area is 209 Å². The SMILES string of the molecule is Cl.N=C1NCc2cc(NC(=O)[C@H](O)C3OCCN(c4cccc(C(N)=O)c4OC(F)F)C3=O)ccc21. The van der Waals surface area contributed by atoms with Crippen LogP contribution in [0.1, 0.15) is 21.5 Å². The summed E-state index contributed by atoms with van der Waals surface area (Å²) in [4.78, 5) is 38.5. The van der Waals surface area contributed by atoms with E-state index in [9.17, 15) is 28.3 Å². The fourth-order valence-corrected chi connectivity index (χ4v) is 3.91. The Morgan fingerprint density at radius 1 is 1.31 bits per heavy atom. The molecule has 4 rings (SSSR count). The summed E-state index contributed by atoms with van der Waals surface area (Å²) in [6, 6.07) is 8.59. The number of rotatable bonds is 7. The lowest BCUT2D eigenvalue weighted by molar-refractivity contribution is -0.150. The number of hydrogen-bond acceptors (Lipinski definition) is 7. The topological polar surface area (TPSA) is 167 Å². The molecule has 0 radical (unpaired) electrons. The highest BCUT2D eigenvalue weighted by atomic mass is 35.5. The smallest absolute Gasteiger partial charge is 0.387 e. The number of morpholine rings is 1.